The van der Waals surface area contributed by atoms with Crippen LogP contribution in [0.5, 0.6) is 0 Å². The van der Waals surface area contributed by atoms with Gasteiger partial charge in [0.05, 0.1) is 22.8 Å². The molecule has 0 spiro atoms. The number of halogens is 3. The largest absolute Gasteiger partial charge is 0.549 e. The van der Waals surface area contributed by atoms with Crippen molar-refractivity contribution in [1.82, 2.24) is 4.98 Å². The summed E-state index contributed by atoms with van der Waals surface area (Å²) in [6.07, 6.45) is -4.76. The number of nitrogens with zero attached hydrogens (tertiary/aromatic N) is 2. The van der Waals surface area contributed by atoms with Gasteiger partial charge in [0.25, 0.3) is 0 Å². The fourth-order valence-electron chi connectivity index (χ4n) is 1.84. The summed E-state index contributed by atoms with van der Waals surface area (Å²) < 4.78 is 39.6. The number of alkyl halides is 3. The van der Waals surface area contributed by atoms with Gasteiger partial charge in [0, 0.05) is 11.3 Å². The van der Waals surface area contributed by atoms with E-state index in [4.69, 9.17) is 5.26 Å². The SMILES string of the molecule is N#Cc1c(C(F)(F)F)cc(-c2ccccc2)nc1SCC(=O)[O-]. The van der Waals surface area contributed by atoms with Crippen molar-refractivity contribution in [3.8, 4) is 17.3 Å². The van der Waals surface area contributed by atoms with Crippen LogP contribution in [0.1, 0.15) is 11.1 Å². The molecule has 2 aromatic rings. The highest BCUT2D eigenvalue weighted by Crippen LogP contribution is 2.37. The maximum atomic E-state index is 13.2. The van der Waals surface area contributed by atoms with Gasteiger partial charge in [0.2, 0.25) is 0 Å². The standard InChI is InChI=1S/C15H9F3N2O2S/c16-15(17,18)11-6-12(9-4-2-1-3-5-9)20-14(10(11)7-19)23-8-13(21)22/h1-6H,8H2,(H,21,22)/p-1. The van der Waals surface area contributed by atoms with E-state index in [1.54, 1.807) is 30.3 Å². The third kappa shape index (κ3) is 4.02. The Morgan fingerprint density at radius 3 is 2.48 bits per heavy atom. The van der Waals surface area contributed by atoms with Crippen molar-refractivity contribution in [2.75, 3.05) is 5.75 Å². The predicted octanol–water partition coefficient (Wildman–Crippen LogP) is 2.48. The van der Waals surface area contributed by atoms with E-state index in [0.29, 0.717) is 17.3 Å². The van der Waals surface area contributed by atoms with Crippen LogP contribution in [0.3, 0.4) is 0 Å². The van der Waals surface area contributed by atoms with Crippen LogP contribution in [0.4, 0.5) is 13.2 Å². The molecule has 0 fully saturated rings. The van der Waals surface area contributed by atoms with E-state index in [0.717, 1.165) is 6.07 Å². The first-order valence-electron chi connectivity index (χ1n) is 6.23. The second kappa shape index (κ2) is 6.71. The van der Waals surface area contributed by atoms with Gasteiger partial charge in [0.15, 0.2) is 0 Å². The molecule has 0 amide bonds. The lowest BCUT2D eigenvalue weighted by molar-refractivity contribution is -0.301. The van der Waals surface area contributed by atoms with Crippen molar-refractivity contribution in [2.45, 2.75) is 11.2 Å². The fourth-order valence-corrected chi connectivity index (χ4v) is 2.56. The molecule has 0 aliphatic heterocycles. The summed E-state index contributed by atoms with van der Waals surface area (Å²) in [5, 5.41) is 19.3. The van der Waals surface area contributed by atoms with Gasteiger partial charge in [-0.2, -0.15) is 18.4 Å². The number of carboxylic acid groups (broad SMARTS) is 1. The van der Waals surface area contributed by atoms with Gasteiger partial charge in [-0.25, -0.2) is 4.98 Å². The molecule has 0 unspecified atom stereocenters. The van der Waals surface area contributed by atoms with Crippen molar-refractivity contribution in [2.24, 2.45) is 0 Å². The van der Waals surface area contributed by atoms with E-state index < -0.39 is 29.0 Å². The van der Waals surface area contributed by atoms with Crippen molar-refractivity contribution < 1.29 is 23.1 Å². The maximum Gasteiger partial charge on any atom is 0.417 e. The summed E-state index contributed by atoms with van der Waals surface area (Å²) in [5.41, 5.74) is -1.39. The Balaban J connectivity index is 2.64. The molecule has 0 saturated heterocycles. The zero-order chi connectivity index (χ0) is 17.0. The summed E-state index contributed by atoms with van der Waals surface area (Å²) in [5.74, 6) is -2.06. The third-order valence-corrected chi connectivity index (χ3v) is 3.75. The molecule has 1 aromatic carbocycles. The van der Waals surface area contributed by atoms with E-state index in [1.165, 1.54) is 6.07 Å². The number of nitriles is 1. The summed E-state index contributed by atoms with van der Waals surface area (Å²) in [4.78, 5) is 14.6. The van der Waals surface area contributed by atoms with E-state index in [2.05, 4.69) is 4.98 Å². The quantitative estimate of drug-likeness (QED) is 0.801. The number of benzene rings is 1. The molecule has 1 aromatic heterocycles. The molecule has 0 radical (unpaired) electrons. The molecule has 118 valence electrons. The highest BCUT2D eigenvalue weighted by Gasteiger charge is 2.36. The van der Waals surface area contributed by atoms with E-state index in [1.807, 2.05) is 0 Å². The van der Waals surface area contributed by atoms with Crippen LogP contribution in [-0.2, 0) is 11.0 Å². The van der Waals surface area contributed by atoms with Crippen LogP contribution in [0.2, 0.25) is 0 Å². The number of carboxylic acids is 1. The van der Waals surface area contributed by atoms with Crippen LogP contribution in [0, 0.1) is 11.3 Å². The van der Waals surface area contributed by atoms with E-state index in [-0.39, 0.29) is 10.7 Å². The van der Waals surface area contributed by atoms with Crippen LogP contribution in [0.15, 0.2) is 41.4 Å². The molecule has 0 N–H and O–H groups in total. The molecular formula is C15H8F3N2O2S-. The Morgan fingerprint density at radius 1 is 1.30 bits per heavy atom. The van der Waals surface area contributed by atoms with Gasteiger partial charge in [-0.05, 0) is 6.07 Å². The minimum absolute atomic E-state index is 0.0118. The minimum atomic E-state index is -4.76. The van der Waals surface area contributed by atoms with E-state index >= 15 is 0 Å². The Bertz CT molecular complexity index is 771. The molecule has 0 saturated carbocycles. The Kier molecular flexibility index (Phi) is 4.91. The molecule has 0 bridgehead atoms. The number of rotatable bonds is 4. The van der Waals surface area contributed by atoms with Crippen molar-refractivity contribution >= 4 is 17.7 Å². The average Bonchev–Trinajstić information content (AvgIpc) is 2.51. The van der Waals surface area contributed by atoms with Crippen LogP contribution < -0.4 is 5.11 Å². The van der Waals surface area contributed by atoms with Crippen molar-refractivity contribution in [3.63, 3.8) is 0 Å². The molecule has 1 heterocycles. The number of pyridine rings is 1. The molecule has 2 rings (SSSR count). The molecule has 0 aliphatic rings. The summed E-state index contributed by atoms with van der Waals surface area (Å²) >= 11 is 0.523. The number of aliphatic carboxylic acids is 1. The topological polar surface area (TPSA) is 76.8 Å². The number of carbonyl (C=O) groups excluding carboxylic acids is 1. The Morgan fingerprint density at radius 2 is 1.96 bits per heavy atom. The molecule has 4 nitrogen and oxygen atoms in total. The summed E-state index contributed by atoms with van der Waals surface area (Å²) in [6.45, 7) is 0. The summed E-state index contributed by atoms with van der Waals surface area (Å²) in [7, 11) is 0. The van der Waals surface area contributed by atoms with Crippen LogP contribution in [0.25, 0.3) is 11.3 Å². The number of hydrogen-bond acceptors (Lipinski definition) is 5. The first kappa shape index (κ1) is 16.8. The minimum Gasteiger partial charge on any atom is -0.549 e. The molecule has 23 heavy (non-hydrogen) atoms. The predicted molar refractivity (Wildman–Crippen MR) is 75.1 cm³/mol. The average molecular weight is 337 g/mol. The van der Waals surface area contributed by atoms with Gasteiger partial charge in [-0.3, -0.25) is 0 Å². The lowest BCUT2D eigenvalue weighted by Crippen LogP contribution is -2.24. The fraction of sp³-hybridized carbons (Fsp3) is 0.133. The second-order valence-corrected chi connectivity index (χ2v) is 5.34. The molecule has 0 atom stereocenters. The molecular weight excluding hydrogens is 329 g/mol. The highest BCUT2D eigenvalue weighted by atomic mass is 32.2. The van der Waals surface area contributed by atoms with Crippen LogP contribution >= 0.6 is 11.8 Å². The third-order valence-electron chi connectivity index (χ3n) is 2.80. The first-order valence-corrected chi connectivity index (χ1v) is 7.22. The first-order chi connectivity index (χ1) is 10.8. The number of thioether (sulfide) groups is 1. The van der Waals surface area contributed by atoms with Gasteiger partial charge in [-0.15, -0.1) is 0 Å². The van der Waals surface area contributed by atoms with Crippen LogP contribution in [-0.4, -0.2) is 16.7 Å². The molecule has 0 aliphatic carbocycles. The highest BCUT2D eigenvalue weighted by molar-refractivity contribution is 7.99. The smallest absolute Gasteiger partial charge is 0.417 e. The van der Waals surface area contributed by atoms with Gasteiger partial charge in [-0.1, -0.05) is 42.1 Å². The van der Waals surface area contributed by atoms with Gasteiger partial charge in [0.1, 0.15) is 11.1 Å². The lowest BCUT2D eigenvalue weighted by atomic mass is 10.1. The van der Waals surface area contributed by atoms with Gasteiger partial charge < -0.3 is 9.90 Å². The zero-order valence-electron chi connectivity index (χ0n) is 11.4. The van der Waals surface area contributed by atoms with E-state index in [9.17, 15) is 23.1 Å². The van der Waals surface area contributed by atoms with Crippen molar-refractivity contribution in [1.29, 1.82) is 5.26 Å². The number of carbonyl (C=O) groups is 1. The Labute approximate surface area is 133 Å². The second-order valence-electron chi connectivity index (χ2n) is 4.37. The normalized spacial score (nSPS) is 11.0. The zero-order valence-corrected chi connectivity index (χ0v) is 12.2. The monoisotopic (exact) mass is 337 g/mol. The Hall–Kier alpha value is -2.53. The van der Waals surface area contributed by atoms with Crippen molar-refractivity contribution in [3.05, 3.63) is 47.5 Å². The maximum absolute atomic E-state index is 13.2. The number of aromatic nitrogens is 1. The summed E-state index contributed by atoms with van der Waals surface area (Å²) in [6, 6.07) is 10.4. The van der Waals surface area contributed by atoms with Gasteiger partial charge >= 0.3 is 6.18 Å². The lowest BCUT2D eigenvalue weighted by Gasteiger charge is -2.14. The molecule has 8 heteroatoms. The number of hydrogen-bond donors (Lipinski definition) is 0.